The van der Waals surface area contributed by atoms with E-state index in [0.29, 0.717) is 11.5 Å². The third kappa shape index (κ3) is 4.15. The molecule has 1 saturated carbocycles. The van der Waals surface area contributed by atoms with Crippen LogP contribution in [0.1, 0.15) is 68.9 Å². The van der Waals surface area contributed by atoms with Crippen LogP contribution in [0, 0.1) is 17.6 Å². The van der Waals surface area contributed by atoms with Gasteiger partial charge in [-0.25, -0.2) is 8.78 Å². The van der Waals surface area contributed by atoms with Crippen molar-refractivity contribution in [2.75, 3.05) is 0 Å². The van der Waals surface area contributed by atoms with Crippen molar-refractivity contribution in [2.45, 2.75) is 64.4 Å². The average Bonchev–Trinajstić information content (AvgIpc) is 2.69. The molecule has 1 nitrogen and oxygen atoms in total. The van der Waals surface area contributed by atoms with Crippen molar-refractivity contribution < 1.29 is 13.9 Å². The lowest BCUT2D eigenvalue weighted by atomic mass is 9.77. The summed E-state index contributed by atoms with van der Waals surface area (Å²) in [6.07, 6.45) is 9.02. The van der Waals surface area contributed by atoms with Gasteiger partial charge in [-0.1, -0.05) is 62.6 Å². The minimum Gasteiger partial charge on any atom is -0.392 e. The number of aliphatic hydroxyl groups is 1. The molecule has 0 heterocycles. The molecule has 0 bridgehead atoms. The summed E-state index contributed by atoms with van der Waals surface area (Å²) in [5.41, 5.74) is 2.21. The Balaban J connectivity index is 1.69. The first-order valence-electron chi connectivity index (χ1n) is 9.82. The fourth-order valence-electron chi connectivity index (χ4n) is 4.15. The SMILES string of the molecule is CCCCC1CCC(c2ccc(-c3ccc(CO)c(F)c3F)cc2)CC1. The van der Waals surface area contributed by atoms with E-state index in [9.17, 15) is 8.78 Å². The van der Waals surface area contributed by atoms with Gasteiger partial charge in [-0.2, -0.15) is 0 Å². The van der Waals surface area contributed by atoms with Gasteiger partial charge in [-0.05, 0) is 48.6 Å². The average molecular weight is 358 g/mol. The third-order valence-electron chi connectivity index (χ3n) is 5.84. The Morgan fingerprint density at radius 1 is 0.923 bits per heavy atom. The minimum atomic E-state index is -0.959. The normalized spacial score (nSPS) is 20.3. The number of halogens is 2. The first-order valence-corrected chi connectivity index (χ1v) is 9.82. The van der Waals surface area contributed by atoms with Crippen molar-refractivity contribution in [3.63, 3.8) is 0 Å². The molecule has 1 aliphatic rings. The summed E-state index contributed by atoms with van der Waals surface area (Å²) in [6.45, 7) is 1.75. The molecule has 0 aliphatic heterocycles. The van der Waals surface area contributed by atoms with Gasteiger partial charge in [0.15, 0.2) is 11.6 Å². The minimum absolute atomic E-state index is 0.0114. The molecule has 0 radical (unpaired) electrons. The standard InChI is InChI=1S/C23H28F2O/c1-2-3-4-16-5-7-17(8-6-16)18-9-11-19(12-10-18)21-14-13-20(15-26)22(24)23(21)25/h9-14,16-17,26H,2-8,15H2,1H3. The van der Waals surface area contributed by atoms with E-state index in [1.165, 1.54) is 62.6 Å². The summed E-state index contributed by atoms with van der Waals surface area (Å²) >= 11 is 0. The summed E-state index contributed by atoms with van der Waals surface area (Å²) in [5.74, 6) is -0.381. The van der Waals surface area contributed by atoms with E-state index in [0.717, 1.165) is 5.92 Å². The molecule has 0 saturated heterocycles. The van der Waals surface area contributed by atoms with Gasteiger partial charge < -0.3 is 5.11 Å². The number of hydrogen-bond donors (Lipinski definition) is 1. The zero-order valence-electron chi connectivity index (χ0n) is 15.5. The van der Waals surface area contributed by atoms with Gasteiger partial charge in [0.25, 0.3) is 0 Å². The van der Waals surface area contributed by atoms with E-state index in [-0.39, 0.29) is 11.1 Å². The van der Waals surface area contributed by atoms with Crippen LogP contribution < -0.4 is 0 Å². The lowest BCUT2D eigenvalue weighted by Gasteiger charge is -2.29. The highest BCUT2D eigenvalue weighted by Gasteiger charge is 2.22. The first kappa shape index (κ1) is 19.0. The topological polar surface area (TPSA) is 20.2 Å². The lowest BCUT2D eigenvalue weighted by Crippen LogP contribution is -2.13. The summed E-state index contributed by atoms with van der Waals surface area (Å²) in [5, 5.41) is 9.04. The summed E-state index contributed by atoms with van der Waals surface area (Å²) in [6, 6.07) is 10.9. The molecule has 1 N–H and O–H groups in total. The zero-order chi connectivity index (χ0) is 18.5. The van der Waals surface area contributed by atoms with Crippen molar-refractivity contribution in [3.05, 3.63) is 59.2 Å². The van der Waals surface area contributed by atoms with E-state index < -0.39 is 18.2 Å². The lowest BCUT2D eigenvalue weighted by molar-refractivity contribution is 0.273. The van der Waals surface area contributed by atoms with Crippen LogP contribution in [0.2, 0.25) is 0 Å². The van der Waals surface area contributed by atoms with Crippen LogP contribution in [0.25, 0.3) is 11.1 Å². The monoisotopic (exact) mass is 358 g/mol. The number of unbranched alkanes of at least 4 members (excludes halogenated alkanes) is 1. The van der Waals surface area contributed by atoms with Crippen LogP contribution in [0.3, 0.4) is 0 Å². The van der Waals surface area contributed by atoms with Gasteiger partial charge in [-0.3, -0.25) is 0 Å². The molecule has 0 aromatic heterocycles. The zero-order valence-corrected chi connectivity index (χ0v) is 15.5. The molecule has 0 atom stereocenters. The molecule has 2 aromatic carbocycles. The smallest absolute Gasteiger partial charge is 0.167 e. The van der Waals surface area contributed by atoms with E-state index in [2.05, 4.69) is 19.1 Å². The van der Waals surface area contributed by atoms with Crippen LogP contribution in [0.5, 0.6) is 0 Å². The van der Waals surface area contributed by atoms with Crippen LogP contribution in [0.4, 0.5) is 8.78 Å². The quantitative estimate of drug-likeness (QED) is 0.618. The third-order valence-corrected chi connectivity index (χ3v) is 5.84. The largest absolute Gasteiger partial charge is 0.392 e. The Labute approximate surface area is 155 Å². The Morgan fingerprint density at radius 3 is 2.23 bits per heavy atom. The first-order chi connectivity index (χ1) is 12.6. The van der Waals surface area contributed by atoms with Crippen molar-refractivity contribution in [1.82, 2.24) is 0 Å². The van der Waals surface area contributed by atoms with E-state index in [1.807, 2.05) is 12.1 Å². The Kier molecular flexibility index (Phi) is 6.42. The van der Waals surface area contributed by atoms with Gasteiger partial charge in [-0.15, -0.1) is 0 Å². The van der Waals surface area contributed by atoms with Crippen LogP contribution in [-0.4, -0.2) is 5.11 Å². The number of benzene rings is 2. The fourth-order valence-corrected chi connectivity index (χ4v) is 4.15. The summed E-state index contributed by atoms with van der Waals surface area (Å²) in [4.78, 5) is 0. The molecule has 1 fully saturated rings. The van der Waals surface area contributed by atoms with Gasteiger partial charge in [0.05, 0.1) is 6.61 Å². The van der Waals surface area contributed by atoms with Crippen LogP contribution in [-0.2, 0) is 6.61 Å². The molecule has 3 rings (SSSR count). The van der Waals surface area contributed by atoms with Crippen molar-refractivity contribution >= 4 is 0 Å². The second-order valence-corrected chi connectivity index (χ2v) is 7.54. The van der Waals surface area contributed by atoms with E-state index >= 15 is 0 Å². The molecule has 0 spiro atoms. The Morgan fingerprint density at radius 2 is 1.62 bits per heavy atom. The van der Waals surface area contributed by atoms with E-state index in [4.69, 9.17) is 5.11 Å². The molecular weight excluding hydrogens is 330 g/mol. The Bertz CT molecular complexity index is 716. The molecule has 0 amide bonds. The molecular formula is C23H28F2O. The molecule has 0 unspecified atom stereocenters. The van der Waals surface area contributed by atoms with Crippen molar-refractivity contribution in [3.8, 4) is 11.1 Å². The van der Waals surface area contributed by atoms with Crippen molar-refractivity contribution in [2.24, 2.45) is 5.92 Å². The highest BCUT2D eigenvalue weighted by Crippen LogP contribution is 2.38. The molecule has 3 heteroatoms. The van der Waals surface area contributed by atoms with Crippen LogP contribution in [0.15, 0.2) is 36.4 Å². The highest BCUT2D eigenvalue weighted by atomic mass is 19.2. The number of rotatable bonds is 6. The highest BCUT2D eigenvalue weighted by molar-refractivity contribution is 5.65. The maximum Gasteiger partial charge on any atom is 0.167 e. The van der Waals surface area contributed by atoms with Crippen molar-refractivity contribution in [1.29, 1.82) is 0 Å². The second kappa shape index (κ2) is 8.77. The predicted molar refractivity (Wildman–Crippen MR) is 102 cm³/mol. The second-order valence-electron chi connectivity index (χ2n) is 7.54. The summed E-state index contributed by atoms with van der Waals surface area (Å²) in [7, 11) is 0. The van der Waals surface area contributed by atoms with Gasteiger partial charge >= 0.3 is 0 Å². The van der Waals surface area contributed by atoms with Gasteiger partial charge in [0.1, 0.15) is 0 Å². The molecule has 26 heavy (non-hydrogen) atoms. The number of aliphatic hydroxyl groups excluding tert-OH is 1. The van der Waals surface area contributed by atoms with Gasteiger partial charge in [0, 0.05) is 11.1 Å². The predicted octanol–water partition coefficient (Wildman–Crippen LogP) is 6.59. The number of hydrogen-bond acceptors (Lipinski definition) is 1. The molecule has 2 aromatic rings. The fraction of sp³-hybridized carbons (Fsp3) is 0.478. The molecule has 140 valence electrons. The summed E-state index contributed by atoms with van der Waals surface area (Å²) < 4.78 is 28.2. The van der Waals surface area contributed by atoms with Gasteiger partial charge in [0.2, 0.25) is 0 Å². The van der Waals surface area contributed by atoms with Crippen LogP contribution >= 0.6 is 0 Å². The van der Waals surface area contributed by atoms with E-state index in [1.54, 1.807) is 0 Å². The molecule has 1 aliphatic carbocycles. The maximum absolute atomic E-state index is 14.2. The Hall–Kier alpha value is -1.74. The maximum atomic E-state index is 14.2.